The van der Waals surface area contributed by atoms with Crippen LogP contribution in [0, 0.1) is 6.92 Å². The molecule has 1 atom stereocenters. The minimum absolute atomic E-state index is 0.0448. The molecule has 23 heavy (non-hydrogen) atoms. The van der Waals surface area contributed by atoms with Crippen LogP contribution in [-0.2, 0) is 6.42 Å². The first kappa shape index (κ1) is 15.1. The first-order chi connectivity index (χ1) is 11.1. The van der Waals surface area contributed by atoms with Crippen LogP contribution in [0.3, 0.4) is 0 Å². The van der Waals surface area contributed by atoms with E-state index in [1.165, 1.54) is 5.56 Å². The van der Waals surface area contributed by atoms with Gasteiger partial charge in [0.15, 0.2) is 0 Å². The standard InChI is InChI=1S/C17H19N5O/c1-12(8-9-14-6-4-3-5-7-14)19-16(23)15-20-17-18-11-10-13(2)22(17)21-15/h3-7,10-12H,8-9H2,1-2H3,(H,19,23). The molecule has 3 rings (SSSR count). The maximum absolute atomic E-state index is 12.3. The zero-order chi connectivity index (χ0) is 16.2. The van der Waals surface area contributed by atoms with E-state index in [9.17, 15) is 4.79 Å². The Bertz CT molecular complexity index is 812. The van der Waals surface area contributed by atoms with Crippen molar-refractivity contribution in [1.82, 2.24) is 24.9 Å². The van der Waals surface area contributed by atoms with Crippen molar-refractivity contribution >= 4 is 11.7 Å². The van der Waals surface area contributed by atoms with Gasteiger partial charge in [0.1, 0.15) is 0 Å². The van der Waals surface area contributed by atoms with E-state index in [1.807, 2.05) is 38.1 Å². The zero-order valence-corrected chi connectivity index (χ0v) is 13.2. The van der Waals surface area contributed by atoms with Gasteiger partial charge in [-0.25, -0.2) is 9.50 Å². The fourth-order valence-corrected chi connectivity index (χ4v) is 2.39. The Morgan fingerprint density at radius 2 is 2.04 bits per heavy atom. The van der Waals surface area contributed by atoms with Gasteiger partial charge in [0.2, 0.25) is 5.82 Å². The van der Waals surface area contributed by atoms with Gasteiger partial charge in [-0.3, -0.25) is 4.79 Å². The summed E-state index contributed by atoms with van der Waals surface area (Å²) in [4.78, 5) is 20.6. The Kier molecular flexibility index (Phi) is 4.32. The van der Waals surface area contributed by atoms with Gasteiger partial charge in [0.25, 0.3) is 11.7 Å². The lowest BCUT2D eigenvalue weighted by Gasteiger charge is -2.12. The third-order valence-corrected chi connectivity index (χ3v) is 3.72. The first-order valence-electron chi connectivity index (χ1n) is 7.66. The first-order valence-corrected chi connectivity index (χ1v) is 7.66. The van der Waals surface area contributed by atoms with Gasteiger partial charge in [-0.05, 0) is 38.3 Å². The monoisotopic (exact) mass is 309 g/mol. The summed E-state index contributed by atoms with van der Waals surface area (Å²) < 4.78 is 1.57. The van der Waals surface area contributed by atoms with Gasteiger partial charge in [0, 0.05) is 17.9 Å². The van der Waals surface area contributed by atoms with E-state index in [1.54, 1.807) is 10.7 Å². The molecule has 0 radical (unpaired) electrons. The number of aryl methyl sites for hydroxylation is 2. The van der Waals surface area contributed by atoms with E-state index in [2.05, 4.69) is 32.5 Å². The fourth-order valence-electron chi connectivity index (χ4n) is 2.39. The molecular weight excluding hydrogens is 290 g/mol. The number of nitrogens with one attached hydrogen (secondary N) is 1. The molecule has 1 amide bonds. The lowest BCUT2D eigenvalue weighted by atomic mass is 10.1. The number of carbonyl (C=O) groups excluding carboxylic acids is 1. The van der Waals surface area contributed by atoms with E-state index >= 15 is 0 Å². The van der Waals surface area contributed by atoms with Crippen molar-refractivity contribution < 1.29 is 4.79 Å². The van der Waals surface area contributed by atoms with Crippen LogP contribution in [0.1, 0.15) is 35.2 Å². The Labute approximate surface area is 134 Å². The SMILES string of the molecule is Cc1ccnc2nc(C(=O)NC(C)CCc3ccccc3)nn12. The van der Waals surface area contributed by atoms with Crippen LogP contribution in [0.15, 0.2) is 42.6 Å². The smallest absolute Gasteiger partial charge is 0.291 e. The second-order valence-electron chi connectivity index (χ2n) is 5.63. The topological polar surface area (TPSA) is 72.2 Å². The highest BCUT2D eigenvalue weighted by molar-refractivity contribution is 5.91. The summed E-state index contributed by atoms with van der Waals surface area (Å²) in [7, 11) is 0. The summed E-state index contributed by atoms with van der Waals surface area (Å²) in [5, 5.41) is 7.16. The van der Waals surface area contributed by atoms with Crippen molar-refractivity contribution in [3.63, 3.8) is 0 Å². The summed E-state index contributed by atoms with van der Waals surface area (Å²) in [6, 6.07) is 12.1. The van der Waals surface area contributed by atoms with Crippen LogP contribution < -0.4 is 5.32 Å². The van der Waals surface area contributed by atoms with Gasteiger partial charge in [-0.15, -0.1) is 5.10 Å². The van der Waals surface area contributed by atoms with E-state index in [-0.39, 0.29) is 17.8 Å². The normalized spacial score (nSPS) is 12.3. The number of fused-ring (bicyclic) bond motifs is 1. The van der Waals surface area contributed by atoms with Crippen molar-refractivity contribution in [3.8, 4) is 0 Å². The molecular formula is C17H19N5O. The van der Waals surface area contributed by atoms with Crippen molar-refractivity contribution in [1.29, 1.82) is 0 Å². The molecule has 2 aromatic heterocycles. The molecule has 0 spiro atoms. The van der Waals surface area contributed by atoms with Crippen molar-refractivity contribution in [3.05, 3.63) is 59.7 Å². The number of rotatable bonds is 5. The molecule has 0 aliphatic carbocycles. The van der Waals surface area contributed by atoms with E-state index in [0.29, 0.717) is 5.78 Å². The maximum atomic E-state index is 12.3. The Hall–Kier alpha value is -2.76. The molecule has 0 bridgehead atoms. The molecule has 6 nitrogen and oxygen atoms in total. The minimum atomic E-state index is -0.268. The molecule has 118 valence electrons. The zero-order valence-electron chi connectivity index (χ0n) is 13.2. The highest BCUT2D eigenvalue weighted by Crippen LogP contribution is 2.06. The number of hydrogen-bond donors (Lipinski definition) is 1. The molecule has 1 aromatic carbocycles. The number of amides is 1. The van der Waals surface area contributed by atoms with Crippen LogP contribution >= 0.6 is 0 Å². The molecule has 0 aliphatic rings. The van der Waals surface area contributed by atoms with Gasteiger partial charge in [-0.2, -0.15) is 4.98 Å². The number of carbonyl (C=O) groups is 1. The quantitative estimate of drug-likeness (QED) is 0.784. The fraction of sp³-hybridized carbons (Fsp3) is 0.294. The molecule has 0 saturated carbocycles. The number of hydrogen-bond acceptors (Lipinski definition) is 4. The van der Waals surface area contributed by atoms with Crippen molar-refractivity contribution in [2.75, 3.05) is 0 Å². The highest BCUT2D eigenvalue weighted by Gasteiger charge is 2.16. The molecule has 1 N–H and O–H groups in total. The Balaban J connectivity index is 1.62. The summed E-state index contributed by atoms with van der Waals surface area (Å²) in [6.45, 7) is 3.88. The second-order valence-corrected chi connectivity index (χ2v) is 5.63. The third kappa shape index (κ3) is 3.53. The third-order valence-electron chi connectivity index (χ3n) is 3.72. The lowest BCUT2D eigenvalue weighted by Crippen LogP contribution is -2.33. The van der Waals surface area contributed by atoms with Crippen molar-refractivity contribution in [2.24, 2.45) is 0 Å². The minimum Gasteiger partial charge on any atom is -0.347 e. The van der Waals surface area contributed by atoms with Gasteiger partial charge < -0.3 is 5.32 Å². The summed E-state index contributed by atoms with van der Waals surface area (Å²) in [5.41, 5.74) is 2.15. The average Bonchev–Trinajstić information content (AvgIpc) is 3.00. The van der Waals surface area contributed by atoms with E-state index < -0.39 is 0 Å². The molecule has 0 fully saturated rings. The largest absolute Gasteiger partial charge is 0.347 e. The molecule has 6 heteroatoms. The second kappa shape index (κ2) is 6.56. The van der Waals surface area contributed by atoms with Crippen molar-refractivity contribution in [2.45, 2.75) is 32.7 Å². The van der Waals surface area contributed by atoms with Crippen LogP contribution in [-0.4, -0.2) is 31.5 Å². The Morgan fingerprint density at radius 3 is 2.78 bits per heavy atom. The van der Waals surface area contributed by atoms with Gasteiger partial charge in [0.05, 0.1) is 0 Å². The molecule has 2 heterocycles. The van der Waals surface area contributed by atoms with Crippen LogP contribution in [0.5, 0.6) is 0 Å². The summed E-state index contributed by atoms with van der Waals surface area (Å²) in [5.74, 6) is 0.320. The van der Waals surface area contributed by atoms with Crippen LogP contribution in [0.4, 0.5) is 0 Å². The molecule has 1 unspecified atom stereocenters. The van der Waals surface area contributed by atoms with Gasteiger partial charge >= 0.3 is 0 Å². The molecule has 0 aliphatic heterocycles. The predicted octanol–water partition coefficient (Wildman–Crippen LogP) is 2.18. The van der Waals surface area contributed by atoms with Crippen LogP contribution in [0.2, 0.25) is 0 Å². The van der Waals surface area contributed by atoms with E-state index in [0.717, 1.165) is 18.5 Å². The maximum Gasteiger partial charge on any atom is 0.291 e. The summed E-state index contributed by atoms with van der Waals surface area (Å²) >= 11 is 0. The highest BCUT2D eigenvalue weighted by atomic mass is 16.2. The number of nitrogens with zero attached hydrogens (tertiary/aromatic N) is 4. The Morgan fingerprint density at radius 1 is 1.26 bits per heavy atom. The van der Waals surface area contributed by atoms with Gasteiger partial charge in [-0.1, -0.05) is 30.3 Å². The number of benzene rings is 1. The molecule has 0 saturated heterocycles. The predicted molar refractivity (Wildman–Crippen MR) is 87.2 cm³/mol. The summed E-state index contributed by atoms with van der Waals surface area (Å²) in [6.07, 6.45) is 3.44. The van der Waals surface area contributed by atoms with Crippen LogP contribution in [0.25, 0.3) is 5.78 Å². The number of aromatic nitrogens is 4. The molecule has 3 aromatic rings. The van der Waals surface area contributed by atoms with E-state index in [4.69, 9.17) is 0 Å². The average molecular weight is 309 g/mol. The lowest BCUT2D eigenvalue weighted by molar-refractivity contribution is 0.0928.